The Morgan fingerprint density at radius 2 is 2.00 bits per heavy atom. The van der Waals surface area contributed by atoms with Crippen LogP contribution < -0.4 is 11.1 Å². The fourth-order valence-corrected chi connectivity index (χ4v) is 1.83. The Morgan fingerprint density at radius 1 is 1.22 bits per heavy atom. The number of nitrogens with zero attached hydrogens (tertiary/aromatic N) is 1. The molecule has 0 atom stereocenters. The molecule has 2 N–H and O–H groups in total. The predicted molar refractivity (Wildman–Crippen MR) is 61.6 cm³/mol. The van der Waals surface area contributed by atoms with Crippen LogP contribution in [-0.2, 0) is 0 Å². The van der Waals surface area contributed by atoms with E-state index in [1.54, 1.807) is 0 Å². The average molecular weight is 247 g/mol. The van der Waals surface area contributed by atoms with Gasteiger partial charge in [-0.25, -0.2) is 0 Å². The lowest BCUT2D eigenvalue weighted by molar-refractivity contribution is -0.384. The van der Waals surface area contributed by atoms with Crippen LogP contribution >= 0.6 is 0 Å². The second-order valence-corrected chi connectivity index (χ2v) is 3.68. The Hall–Kier alpha value is -2.90. The van der Waals surface area contributed by atoms with E-state index >= 15 is 0 Å². The molecule has 90 valence electrons. The molecule has 8 heteroatoms. The number of hydrogen-bond donors (Lipinski definition) is 2. The molecule has 0 saturated heterocycles. The van der Waals surface area contributed by atoms with E-state index < -0.39 is 16.0 Å². The third kappa shape index (κ3) is 1.25. The number of nitrogens with one attached hydrogen (secondary N) is 2. The van der Waals surface area contributed by atoms with Crippen LogP contribution in [0.5, 0.6) is 0 Å². The highest BCUT2D eigenvalue weighted by Gasteiger charge is 2.15. The van der Waals surface area contributed by atoms with Gasteiger partial charge in [0.25, 0.3) is 16.8 Å². The van der Waals surface area contributed by atoms with Gasteiger partial charge in [0.1, 0.15) is 0 Å². The number of nitro benzene ring substituents is 1. The molecule has 0 aliphatic rings. The standard InChI is InChI=1S/C10H5N3O5/c14-9-7-8(18-12-10(7)15)5-2-1-4(13(16)17)3-6(5)11-9/h1-3H,(H,11,14)(H,12,15). The Kier molecular flexibility index (Phi) is 1.88. The number of non-ortho nitro benzene ring substituents is 1. The van der Waals surface area contributed by atoms with E-state index in [-0.39, 0.29) is 22.2 Å². The van der Waals surface area contributed by atoms with Crippen LogP contribution in [0.15, 0.2) is 32.3 Å². The van der Waals surface area contributed by atoms with E-state index in [1.165, 1.54) is 18.2 Å². The quantitative estimate of drug-likeness (QED) is 0.488. The van der Waals surface area contributed by atoms with Crippen molar-refractivity contribution in [2.75, 3.05) is 0 Å². The van der Waals surface area contributed by atoms with E-state index in [0.717, 1.165) is 0 Å². The molecule has 0 spiro atoms. The summed E-state index contributed by atoms with van der Waals surface area (Å²) in [6, 6.07) is 3.90. The van der Waals surface area contributed by atoms with Gasteiger partial charge in [-0.05, 0) is 6.07 Å². The second-order valence-electron chi connectivity index (χ2n) is 3.68. The van der Waals surface area contributed by atoms with Crippen LogP contribution in [0.25, 0.3) is 21.9 Å². The molecular formula is C10H5N3O5. The predicted octanol–water partition coefficient (Wildman–Crippen LogP) is 0.871. The zero-order chi connectivity index (χ0) is 12.9. The molecule has 0 bridgehead atoms. The summed E-state index contributed by atoms with van der Waals surface area (Å²) in [5.74, 6) is 0. The third-order valence-corrected chi connectivity index (χ3v) is 2.63. The topological polar surface area (TPSA) is 122 Å². The molecule has 1 aromatic carbocycles. The maximum atomic E-state index is 11.7. The fourth-order valence-electron chi connectivity index (χ4n) is 1.83. The normalized spacial score (nSPS) is 11.1. The lowest BCUT2D eigenvalue weighted by atomic mass is 10.1. The first-order valence-electron chi connectivity index (χ1n) is 4.89. The zero-order valence-corrected chi connectivity index (χ0v) is 8.72. The van der Waals surface area contributed by atoms with Crippen molar-refractivity contribution in [3.63, 3.8) is 0 Å². The smallest absolute Gasteiger partial charge is 0.293 e. The molecule has 8 nitrogen and oxygen atoms in total. The van der Waals surface area contributed by atoms with Gasteiger partial charge in [0, 0.05) is 17.5 Å². The Labute approximate surface area is 97.0 Å². The zero-order valence-electron chi connectivity index (χ0n) is 8.72. The monoisotopic (exact) mass is 247 g/mol. The molecule has 18 heavy (non-hydrogen) atoms. The highest BCUT2D eigenvalue weighted by molar-refractivity contribution is 6.01. The van der Waals surface area contributed by atoms with Crippen molar-refractivity contribution in [1.82, 2.24) is 10.1 Å². The largest absolute Gasteiger partial charge is 0.377 e. The minimum absolute atomic E-state index is 0.0913. The Morgan fingerprint density at radius 3 is 2.72 bits per heavy atom. The van der Waals surface area contributed by atoms with Gasteiger partial charge in [0.2, 0.25) is 0 Å². The molecule has 0 fully saturated rings. The van der Waals surface area contributed by atoms with Gasteiger partial charge in [-0.15, -0.1) is 0 Å². The van der Waals surface area contributed by atoms with E-state index in [1.807, 2.05) is 0 Å². The first kappa shape index (κ1) is 10.3. The third-order valence-electron chi connectivity index (χ3n) is 2.63. The maximum absolute atomic E-state index is 11.7. The molecule has 0 aliphatic heterocycles. The molecule has 0 unspecified atom stereocenters. The summed E-state index contributed by atoms with van der Waals surface area (Å²) < 4.78 is 4.92. The highest BCUT2D eigenvalue weighted by Crippen LogP contribution is 2.23. The van der Waals surface area contributed by atoms with Gasteiger partial charge in [-0.2, -0.15) is 5.16 Å². The SMILES string of the molecule is O=c1[nH]oc2c1c(=O)[nH]c1cc([N+](=O)[O-])ccc12. The van der Waals surface area contributed by atoms with E-state index in [9.17, 15) is 19.7 Å². The number of hydrogen-bond acceptors (Lipinski definition) is 5. The minimum atomic E-state index is -0.645. The highest BCUT2D eigenvalue weighted by atomic mass is 16.6. The van der Waals surface area contributed by atoms with Gasteiger partial charge in [-0.1, -0.05) is 0 Å². The van der Waals surface area contributed by atoms with Crippen molar-refractivity contribution >= 4 is 27.6 Å². The minimum Gasteiger partial charge on any atom is -0.377 e. The second kappa shape index (κ2) is 3.29. The van der Waals surface area contributed by atoms with Crippen molar-refractivity contribution in [3.05, 3.63) is 49.0 Å². The molecule has 3 aromatic rings. The molecule has 0 radical (unpaired) electrons. The molecular weight excluding hydrogens is 242 g/mol. The van der Waals surface area contributed by atoms with Crippen molar-refractivity contribution in [2.24, 2.45) is 0 Å². The van der Waals surface area contributed by atoms with Crippen molar-refractivity contribution < 1.29 is 9.45 Å². The molecule has 3 rings (SSSR count). The lowest BCUT2D eigenvalue weighted by Gasteiger charge is -1.97. The first-order valence-corrected chi connectivity index (χ1v) is 4.89. The number of H-pyrrole nitrogens is 2. The van der Waals surface area contributed by atoms with Gasteiger partial charge < -0.3 is 9.51 Å². The summed E-state index contributed by atoms with van der Waals surface area (Å²) >= 11 is 0. The summed E-state index contributed by atoms with van der Waals surface area (Å²) in [4.78, 5) is 35.5. The van der Waals surface area contributed by atoms with Gasteiger partial charge in [0.15, 0.2) is 11.0 Å². The number of fused-ring (bicyclic) bond motifs is 3. The molecule has 2 heterocycles. The van der Waals surface area contributed by atoms with Crippen LogP contribution in [0.3, 0.4) is 0 Å². The van der Waals surface area contributed by atoms with Crippen LogP contribution in [0.1, 0.15) is 0 Å². The van der Waals surface area contributed by atoms with Crippen LogP contribution in [0.4, 0.5) is 5.69 Å². The van der Waals surface area contributed by atoms with Crippen LogP contribution in [0, 0.1) is 10.1 Å². The van der Waals surface area contributed by atoms with Crippen LogP contribution in [0.2, 0.25) is 0 Å². The fraction of sp³-hybridized carbons (Fsp3) is 0. The molecule has 0 amide bonds. The van der Waals surface area contributed by atoms with Gasteiger partial charge >= 0.3 is 0 Å². The summed E-state index contributed by atoms with van der Waals surface area (Å²) in [6.45, 7) is 0. The summed E-state index contributed by atoms with van der Waals surface area (Å²) in [5, 5.41) is 13.0. The van der Waals surface area contributed by atoms with Crippen molar-refractivity contribution in [2.45, 2.75) is 0 Å². The summed E-state index contributed by atoms with van der Waals surface area (Å²) in [7, 11) is 0. The van der Waals surface area contributed by atoms with E-state index in [2.05, 4.69) is 10.1 Å². The number of pyridine rings is 1. The van der Waals surface area contributed by atoms with Crippen LogP contribution in [-0.4, -0.2) is 15.1 Å². The Balaban J connectivity index is 2.54. The van der Waals surface area contributed by atoms with Gasteiger partial charge in [0.05, 0.1) is 10.4 Å². The first-order chi connectivity index (χ1) is 8.58. The van der Waals surface area contributed by atoms with E-state index in [4.69, 9.17) is 4.52 Å². The average Bonchev–Trinajstić information content (AvgIpc) is 2.71. The number of aromatic amines is 2. The van der Waals surface area contributed by atoms with Crippen molar-refractivity contribution in [3.8, 4) is 0 Å². The summed E-state index contributed by atoms with van der Waals surface area (Å²) in [5.41, 5.74) is -1.10. The van der Waals surface area contributed by atoms with E-state index in [0.29, 0.717) is 5.39 Å². The molecule has 0 aliphatic carbocycles. The van der Waals surface area contributed by atoms with Crippen molar-refractivity contribution in [1.29, 1.82) is 0 Å². The molecule has 2 aromatic heterocycles. The number of rotatable bonds is 1. The summed E-state index contributed by atoms with van der Waals surface area (Å²) in [6.07, 6.45) is 0. The Bertz CT molecular complexity index is 901. The number of aromatic nitrogens is 2. The molecule has 0 saturated carbocycles. The number of benzene rings is 1. The maximum Gasteiger partial charge on any atom is 0.293 e. The lowest BCUT2D eigenvalue weighted by Crippen LogP contribution is -2.13. The number of nitro groups is 1. The van der Waals surface area contributed by atoms with Gasteiger partial charge in [-0.3, -0.25) is 19.7 Å².